The van der Waals surface area contributed by atoms with E-state index < -0.39 is 5.41 Å². The minimum absolute atomic E-state index is 0.399. The molecule has 2 aliphatic carbocycles. The summed E-state index contributed by atoms with van der Waals surface area (Å²) < 4.78 is 4.60. The number of para-hydroxylation sites is 3. The highest BCUT2D eigenvalue weighted by Crippen LogP contribution is 2.63. The first kappa shape index (κ1) is 53.3. The molecule has 6 nitrogen and oxygen atoms in total. The second-order valence-corrected chi connectivity index (χ2v) is 24.6. The average molecular weight is 1200 g/mol. The van der Waals surface area contributed by atoms with E-state index in [9.17, 15) is 0 Å². The third-order valence-corrected chi connectivity index (χ3v) is 19.6. The van der Waals surface area contributed by atoms with Crippen molar-refractivity contribution in [2.75, 3.05) is 4.90 Å². The van der Waals surface area contributed by atoms with Gasteiger partial charge in [-0.25, -0.2) is 4.98 Å². The standard InChI is InChI=1S/C88H56N6/c1-4-22-59(23-5-1)85-89-86(60-24-6-2-7-25-60)91-87(90-85)94-82-39-21-16-34-73(82)75-52-50-66(56-84(75)94)92(64-46-40-57(41-47-64)61-44-51-74-72-33-15-20-38-81(72)93(83(74)55-61)63-26-8-3-9-27-63)65-48-42-58(43-49-65)67-28-10-11-29-68(67)62-45-53-80-76(54-62)71-32-14-19-37-79(71)88(80)77-35-17-12-30-69(77)70-31-13-18-36-78(70)88/h1-56H. The molecule has 0 N–H and O–H groups in total. The lowest BCUT2D eigenvalue weighted by atomic mass is 9.70. The van der Waals surface area contributed by atoms with Crippen LogP contribution < -0.4 is 4.90 Å². The molecule has 0 saturated heterocycles. The largest absolute Gasteiger partial charge is 0.310 e. The Morgan fingerprint density at radius 3 is 1.22 bits per heavy atom. The van der Waals surface area contributed by atoms with Crippen molar-refractivity contribution in [2.24, 2.45) is 0 Å². The Morgan fingerprint density at radius 2 is 0.638 bits per heavy atom. The third kappa shape index (κ3) is 8.19. The van der Waals surface area contributed by atoms with Crippen LogP contribution in [0.4, 0.5) is 17.1 Å². The van der Waals surface area contributed by atoms with Crippen molar-refractivity contribution in [2.45, 2.75) is 5.41 Å². The molecule has 0 atom stereocenters. The van der Waals surface area contributed by atoms with Crippen LogP contribution in [0.15, 0.2) is 340 Å². The predicted octanol–water partition coefficient (Wildman–Crippen LogP) is 22.2. The van der Waals surface area contributed by atoms with Crippen LogP contribution in [0.5, 0.6) is 0 Å². The van der Waals surface area contributed by atoms with Gasteiger partial charge in [-0.15, -0.1) is 0 Å². The smallest absolute Gasteiger partial charge is 0.238 e. The van der Waals surface area contributed by atoms with E-state index in [1.165, 1.54) is 83.0 Å². The predicted molar refractivity (Wildman–Crippen MR) is 387 cm³/mol. The molecule has 0 amide bonds. The molecule has 0 bridgehead atoms. The Bertz CT molecular complexity index is 5750. The Labute approximate surface area is 543 Å². The normalized spacial score (nSPS) is 12.6. The molecule has 0 radical (unpaired) electrons. The summed E-state index contributed by atoms with van der Waals surface area (Å²) in [6.45, 7) is 0. The quantitative estimate of drug-likeness (QED) is 0.137. The number of benzene rings is 14. The van der Waals surface area contributed by atoms with Crippen molar-refractivity contribution < 1.29 is 0 Å². The van der Waals surface area contributed by atoms with Crippen molar-refractivity contribution in [3.05, 3.63) is 362 Å². The van der Waals surface area contributed by atoms with E-state index in [0.29, 0.717) is 17.6 Å². The summed E-state index contributed by atoms with van der Waals surface area (Å²) in [5.41, 5.74) is 27.4. The van der Waals surface area contributed by atoms with Crippen molar-refractivity contribution in [3.63, 3.8) is 0 Å². The first-order valence-corrected chi connectivity index (χ1v) is 32.2. The van der Waals surface area contributed by atoms with Crippen molar-refractivity contribution in [3.8, 4) is 90.0 Å². The average Bonchev–Trinajstić information content (AvgIpc) is 1.51. The van der Waals surface area contributed by atoms with Gasteiger partial charge in [0.1, 0.15) is 0 Å². The first-order valence-electron chi connectivity index (χ1n) is 32.2. The molecule has 6 heteroatoms. The molecular formula is C88H56N6. The molecule has 14 aromatic carbocycles. The number of fused-ring (bicyclic) bond motifs is 16. The second kappa shape index (κ2) is 21.3. The topological polar surface area (TPSA) is 51.8 Å². The minimum atomic E-state index is -0.399. The van der Waals surface area contributed by atoms with Crippen LogP contribution in [0, 0.1) is 0 Å². The monoisotopic (exact) mass is 1200 g/mol. The van der Waals surface area contributed by atoms with Crippen molar-refractivity contribution >= 4 is 60.7 Å². The highest BCUT2D eigenvalue weighted by molar-refractivity contribution is 6.12. The Kier molecular flexibility index (Phi) is 12.1. The van der Waals surface area contributed by atoms with E-state index in [4.69, 9.17) is 15.0 Å². The van der Waals surface area contributed by atoms with Crippen molar-refractivity contribution in [1.29, 1.82) is 0 Å². The number of hydrogen-bond acceptors (Lipinski definition) is 4. The lowest BCUT2D eigenvalue weighted by Gasteiger charge is -2.30. The van der Waals surface area contributed by atoms with Gasteiger partial charge in [-0.05, 0) is 151 Å². The Hall–Kier alpha value is -12.5. The number of nitrogens with zero attached hydrogens (tertiary/aromatic N) is 6. The minimum Gasteiger partial charge on any atom is -0.310 e. The fraction of sp³-hybridized carbons (Fsp3) is 0.0114. The van der Waals surface area contributed by atoms with Gasteiger partial charge in [0.2, 0.25) is 5.95 Å². The van der Waals surface area contributed by atoms with Gasteiger partial charge in [0.15, 0.2) is 11.6 Å². The Balaban J connectivity index is 0.754. The fourth-order valence-electron chi connectivity index (χ4n) is 15.5. The van der Waals surface area contributed by atoms with Crippen LogP contribution >= 0.6 is 0 Å². The van der Waals surface area contributed by atoms with Crippen LogP contribution in [0.1, 0.15) is 22.3 Å². The molecule has 0 aliphatic heterocycles. The van der Waals surface area contributed by atoms with E-state index in [0.717, 1.165) is 72.4 Å². The highest BCUT2D eigenvalue weighted by atomic mass is 15.2. The van der Waals surface area contributed by atoms with E-state index in [-0.39, 0.29) is 0 Å². The molecule has 3 heterocycles. The maximum atomic E-state index is 5.31. The van der Waals surface area contributed by atoms with Gasteiger partial charge in [0, 0.05) is 55.4 Å². The molecule has 2 aliphatic rings. The summed E-state index contributed by atoms with van der Waals surface area (Å²) in [6.07, 6.45) is 0. The maximum Gasteiger partial charge on any atom is 0.238 e. The molecule has 3 aromatic heterocycles. The first-order chi connectivity index (χ1) is 46.6. The lowest BCUT2D eigenvalue weighted by molar-refractivity contribution is 0.794. The molecule has 0 fully saturated rings. The number of hydrogen-bond donors (Lipinski definition) is 0. The molecule has 0 unspecified atom stereocenters. The SMILES string of the molecule is c1ccc(-c2nc(-c3ccccc3)nc(-n3c4ccccc4c4ccc(N(c5ccc(-c6ccc7c8ccccc8n(-c8ccccc8)c7c6)cc5)c5ccc(-c6ccccc6-c6ccc7c(c6)-c6ccccc6C76c7ccccc7-c7ccccc76)cc5)cc43)n2)cc1. The Morgan fingerprint density at radius 1 is 0.234 bits per heavy atom. The zero-order chi connectivity index (χ0) is 61.8. The van der Waals surface area contributed by atoms with E-state index in [1.54, 1.807) is 0 Å². The summed E-state index contributed by atoms with van der Waals surface area (Å²) in [6, 6.07) is 123. The summed E-state index contributed by atoms with van der Waals surface area (Å²) in [4.78, 5) is 18.1. The number of anilines is 3. The second-order valence-electron chi connectivity index (χ2n) is 24.6. The van der Waals surface area contributed by atoms with Crippen molar-refractivity contribution in [1.82, 2.24) is 24.1 Å². The van der Waals surface area contributed by atoms with Gasteiger partial charge in [0.05, 0.1) is 27.5 Å². The number of rotatable bonds is 10. The molecule has 438 valence electrons. The van der Waals surface area contributed by atoms with Crippen LogP contribution in [-0.2, 0) is 5.41 Å². The van der Waals surface area contributed by atoms with E-state index >= 15 is 0 Å². The number of aromatic nitrogens is 5. The maximum absolute atomic E-state index is 5.31. The van der Waals surface area contributed by atoms with Crippen LogP contribution in [-0.4, -0.2) is 24.1 Å². The zero-order valence-corrected chi connectivity index (χ0v) is 51.0. The zero-order valence-electron chi connectivity index (χ0n) is 51.0. The van der Waals surface area contributed by atoms with Gasteiger partial charge in [-0.1, -0.05) is 267 Å². The molecule has 19 rings (SSSR count). The summed E-state index contributed by atoms with van der Waals surface area (Å²) >= 11 is 0. The fourth-order valence-corrected chi connectivity index (χ4v) is 15.5. The highest BCUT2D eigenvalue weighted by Gasteiger charge is 2.51. The van der Waals surface area contributed by atoms with Gasteiger partial charge in [-0.3, -0.25) is 4.57 Å². The van der Waals surface area contributed by atoms with Gasteiger partial charge < -0.3 is 9.47 Å². The van der Waals surface area contributed by atoms with E-state index in [2.05, 4.69) is 317 Å². The van der Waals surface area contributed by atoms with Crippen LogP contribution in [0.3, 0.4) is 0 Å². The summed E-state index contributed by atoms with van der Waals surface area (Å²) in [7, 11) is 0. The lowest BCUT2D eigenvalue weighted by Crippen LogP contribution is -2.25. The van der Waals surface area contributed by atoms with Crippen LogP contribution in [0.2, 0.25) is 0 Å². The molecule has 17 aromatic rings. The molecule has 0 saturated carbocycles. The molecule has 1 spiro atoms. The molecule has 94 heavy (non-hydrogen) atoms. The van der Waals surface area contributed by atoms with Gasteiger partial charge >= 0.3 is 0 Å². The summed E-state index contributed by atoms with van der Waals surface area (Å²) in [5, 5.41) is 4.66. The summed E-state index contributed by atoms with van der Waals surface area (Å²) in [5.74, 6) is 1.75. The van der Waals surface area contributed by atoms with E-state index in [1.807, 2.05) is 36.4 Å². The van der Waals surface area contributed by atoms with Gasteiger partial charge in [0.25, 0.3) is 0 Å². The molecular weight excluding hydrogens is 1140 g/mol. The van der Waals surface area contributed by atoms with Crippen LogP contribution in [0.25, 0.3) is 134 Å². The van der Waals surface area contributed by atoms with Gasteiger partial charge in [-0.2, -0.15) is 9.97 Å². The third-order valence-electron chi connectivity index (χ3n) is 19.6.